The Morgan fingerprint density at radius 2 is 1.86 bits per heavy atom. The molecule has 9 nitrogen and oxygen atoms in total. The molecule has 3 aromatic rings. The predicted octanol–water partition coefficient (Wildman–Crippen LogP) is 5.33. The number of carbonyl (C=O) groups is 1. The molecular weight excluding hydrogens is 480 g/mol. The van der Waals surface area contributed by atoms with Crippen molar-refractivity contribution < 1.29 is 14.3 Å². The number of methoxy groups -OCH3 is 1. The second-order valence-corrected chi connectivity index (χ2v) is 9.55. The molecule has 0 radical (unpaired) electrons. The van der Waals surface area contributed by atoms with Crippen molar-refractivity contribution in [3.63, 3.8) is 0 Å². The Hall–Kier alpha value is -3.59. The van der Waals surface area contributed by atoms with Crippen LogP contribution in [-0.2, 0) is 10.6 Å². The number of ether oxygens (including phenoxy) is 2. The van der Waals surface area contributed by atoms with Gasteiger partial charge in [-0.2, -0.15) is 0 Å². The number of benzene rings is 1. The summed E-state index contributed by atoms with van der Waals surface area (Å²) in [4.78, 5) is 29.2. The summed E-state index contributed by atoms with van der Waals surface area (Å²) in [6, 6.07) is 11.4. The van der Waals surface area contributed by atoms with Crippen LogP contribution in [0.3, 0.4) is 0 Å². The molecule has 0 unspecified atom stereocenters. The molecule has 0 saturated heterocycles. The standard InChI is InChI=1S/C26H33ClN6O3/c1-26(2,3)36-25(34)33(5)14-13-32(4)23-10-7-18(17-29-23)21-11-12-28-24(31-21)30-20-8-9-22(35-6)19(15-20)16-27/h7-12,15,17H,13-14,16H2,1-6H3,(H,28,30,31). The highest BCUT2D eigenvalue weighted by Crippen LogP contribution is 2.26. The van der Waals surface area contributed by atoms with Crippen molar-refractivity contribution in [1.82, 2.24) is 19.9 Å². The number of amides is 1. The zero-order valence-electron chi connectivity index (χ0n) is 21.6. The summed E-state index contributed by atoms with van der Waals surface area (Å²) >= 11 is 6.03. The van der Waals surface area contributed by atoms with E-state index in [2.05, 4.69) is 20.3 Å². The number of carbonyl (C=O) groups excluding carboxylic acids is 1. The molecule has 0 spiro atoms. The van der Waals surface area contributed by atoms with Crippen LogP contribution in [0, 0.1) is 0 Å². The van der Waals surface area contributed by atoms with Crippen molar-refractivity contribution in [3.05, 3.63) is 54.4 Å². The van der Waals surface area contributed by atoms with E-state index < -0.39 is 5.60 Å². The largest absolute Gasteiger partial charge is 0.496 e. The maximum absolute atomic E-state index is 12.2. The smallest absolute Gasteiger partial charge is 0.410 e. The summed E-state index contributed by atoms with van der Waals surface area (Å²) in [5, 5.41) is 3.21. The highest BCUT2D eigenvalue weighted by Gasteiger charge is 2.19. The van der Waals surface area contributed by atoms with Gasteiger partial charge in [-0.05, 0) is 57.2 Å². The average Bonchev–Trinajstić information content (AvgIpc) is 2.86. The minimum atomic E-state index is -0.521. The summed E-state index contributed by atoms with van der Waals surface area (Å²) in [7, 11) is 5.27. The normalized spacial score (nSPS) is 11.1. The molecule has 0 aliphatic rings. The van der Waals surface area contributed by atoms with Crippen molar-refractivity contribution in [2.24, 2.45) is 0 Å². The van der Waals surface area contributed by atoms with Crippen LogP contribution in [0.4, 0.5) is 22.2 Å². The lowest BCUT2D eigenvalue weighted by Gasteiger charge is -2.26. The van der Waals surface area contributed by atoms with E-state index in [-0.39, 0.29) is 6.09 Å². The molecule has 0 bridgehead atoms. The highest BCUT2D eigenvalue weighted by atomic mass is 35.5. The maximum atomic E-state index is 12.2. The molecule has 1 amide bonds. The van der Waals surface area contributed by atoms with E-state index in [0.29, 0.717) is 24.9 Å². The minimum Gasteiger partial charge on any atom is -0.496 e. The number of rotatable bonds is 9. The van der Waals surface area contributed by atoms with Gasteiger partial charge in [0.15, 0.2) is 0 Å². The first kappa shape index (κ1) is 27.0. The van der Waals surface area contributed by atoms with E-state index in [1.165, 1.54) is 0 Å². The highest BCUT2D eigenvalue weighted by molar-refractivity contribution is 6.17. The van der Waals surface area contributed by atoms with Gasteiger partial charge in [0, 0.05) is 56.4 Å². The first-order chi connectivity index (χ1) is 17.1. The second-order valence-electron chi connectivity index (χ2n) is 9.28. The van der Waals surface area contributed by atoms with Crippen molar-refractivity contribution >= 4 is 35.1 Å². The fraction of sp³-hybridized carbons (Fsp3) is 0.385. The zero-order chi connectivity index (χ0) is 26.3. The molecule has 3 rings (SSSR count). The Morgan fingerprint density at radius 3 is 2.50 bits per heavy atom. The van der Waals surface area contributed by atoms with Crippen molar-refractivity contribution in [1.29, 1.82) is 0 Å². The van der Waals surface area contributed by atoms with Gasteiger partial charge in [-0.15, -0.1) is 11.6 Å². The Bertz CT molecular complexity index is 1170. The first-order valence-corrected chi connectivity index (χ1v) is 12.1. The fourth-order valence-electron chi connectivity index (χ4n) is 3.28. The van der Waals surface area contributed by atoms with Gasteiger partial charge in [-0.25, -0.2) is 19.7 Å². The van der Waals surface area contributed by atoms with Crippen LogP contribution in [0.5, 0.6) is 5.75 Å². The fourth-order valence-corrected chi connectivity index (χ4v) is 3.49. The number of likely N-dealkylation sites (N-methyl/N-ethyl adjacent to an activating group) is 2. The molecule has 1 aromatic carbocycles. The van der Waals surface area contributed by atoms with Gasteiger partial charge in [0.25, 0.3) is 0 Å². The molecule has 0 atom stereocenters. The first-order valence-electron chi connectivity index (χ1n) is 11.5. The number of halogens is 1. The third kappa shape index (κ3) is 7.45. The van der Waals surface area contributed by atoms with Crippen LogP contribution in [-0.4, -0.2) is 65.8 Å². The van der Waals surface area contributed by atoms with Gasteiger partial charge in [0.05, 0.1) is 18.7 Å². The lowest BCUT2D eigenvalue weighted by atomic mass is 10.2. The topological polar surface area (TPSA) is 92.7 Å². The number of anilines is 3. The van der Waals surface area contributed by atoms with E-state index >= 15 is 0 Å². The van der Waals surface area contributed by atoms with Gasteiger partial charge in [0.1, 0.15) is 17.2 Å². The summed E-state index contributed by atoms with van der Waals surface area (Å²) in [6.45, 7) is 6.67. The van der Waals surface area contributed by atoms with E-state index in [1.54, 1.807) is 31.5 Å². The quantitative estimate of drug-likeness (QED) is 0.384. The summed E-state index contributed by atoms with van der Waals surface area (Å²) in [5.74, 6) is 2.32. The van der Waals surface area contributed by atoms with Gasteiger partial charge in [0.2, 0.25) is 5.95 Å². The number of pyridine rings is 1. The van der Waals surface area contributed by atoms with E-state index in [0.717, 1.165) is 34.1 Å². The molecule has 1 N–H and O–H groups in total. The van der Waals surface area contributed by atoms with Crippen molar-refractivity contribution in [3.8, 4) is 17.0 Å². The van der Waals surface area contributed by atoms with Gasteiger partial charge >= 0.3 is 6.09 Å². The maximum Gasteiger partial charge on any atom is 0.410 e. The van der Waals surface area contributed by atoms with Crippen LogP contribution < -0.4 is 15.0 Å². The summed E-state index contributed by atoms with van der Waals surface area (Å²) < 4.78 is 10.7. The second kappa shape index (κ2) is 11.9. The molecule has 0 aliphatic heterocycles. The lowest BCUT2D eigenvalue weighted by molar-refractivity contribution is 0.0303. The van der Waals surface area contributed by atoms with Crippen LogP contribution in [0.25, 0.3) is 11.3 Å². The number of nitrogens with zero attached hydrogens (tertiary/aromatic N) is 5. The third-order valence-corrected chi connectivity index (χ3v) is 5.53. The Labute approximate surface area is 217 Å². The van der Waals surface area contributed by atoms with E-state index in [9.17, 15) is 4.79 Å². The number of alkyl halides is 1. The molecule has 10 heteroatoms. The molecule has 0 fully saturated rings. The monoisotopic (exact) mass is 512 g/mol. The number of nitrogens with one attached hydrogen (secondary N) is 1. The number of hydrogen-bond donors (Lipinski definition) is 1. The van der Waals surface area contributed by atoms with Crippen LogP contribution in [0.15, 0.2) is 48.8 Å². The van der Waals surface area contributed by atoms with Gasteiger partial charge in [-0.3, -0.25) is 0 Å². The van der Waals surface area contributed by atoms with Crippen LogP contribution >= 0.6 is 11.6 Å². The SMILES string of the molecule is COc1ccc(Nc2nccc(-c3ccc(N(C)CCN(C)C(=O)OC(C)(C)C)nc3)n2)cc1CCl. The molecule has 2 heterocycles. The molecule has 36 heavy (non-hydrogen) atoms. The molecule has 2 aromatic heterocycles. The third-order valence-electron chi connectivity index (χ3n) is 5.25. The van der Waals surface area contributed by atoms with Crippen LogP contribution in [0.1, 0.15) is 26.3 Å². The lowest BCUT2D eigenvalue weighted by Crippen LogP contribution is -2.38. The molecule has 0 aliphatic carbocycles. The predicted molar refractivity (Wildman–Crippen MR) is 143 cm³/mol. The van der Waals surface area contributed by atoms with Gasteiger partial charge < -0.3 is 24.6 Å². The van der Waals surface area contributed by atoms with E-state index in [4.69, 9.17) is 21.1 Å². The van der Waals surface area contributed by atoms with Crippen LogP contribution in [0.2, 0.25) is 0 Å². The average molecular weight is 513 g/mol. The summed E-state index contributed by atoms with van der Waals surface area (Å²) in [6.07, 6.45) is 3.12. The zero-order valence-corrected chi connectivity index (χ0v) is 22.3. The Balaban J connectivity index is 1.63. The molecule has 0 saturated carbocycles. The number of aromatic nitrogens is 3. The Morgan fingerprint density at radius 1 is 1.08 bits per heavy atom. The Kier molecular flexibility index (Phi) is 8.93. The summed E-state index contributed by atoms with van der Waals surface area (Å²) in [5.41, 5.74) is 2.77. The molecule has 192 valence electrons. The minimum absolute atomic E-state index is 0.337. The van der Waals surface area contributed by atoms with Crippen molar-refractivity contribution in [2.45, 2.75) is 32.3 Å². The van der Waals surface area contributed by atoms with Gasteiger partial charge in [-0.1, -0.05) is 0 Å². The number of hydrogen-bond acceptors (Lipinski definition) is 8. The van der Waals surface area contributed by atoms with E-state index in [1.807, 2.05) is 69.1 Å². The van der Waals surface area contributed by atoms with Crippen molar-refractivity contribution in [2.75, 3.05) is 44.5 Å². The molecular formula is C26H33ClN6O3.